The first kappa shape index (κ1) is 18.4. The number of aryl methyl sites for hydroxylation is 1. The van der Waals surface area contributed by atoms with Crippen molar-refractivity contribution in [2.45, 2.75) is 31.9 Å². The second kappa shape index (κ2) is 6.87. The van der Waals surface area contributed by atoms with Crippen LogP contribution in [-0.2, 0) is 6.54 Å². The summed E-state index contributed by atoms with van der Waals surface area (Å²) >= 11 is 0. The monoisotopic (exact) mass is 375 g/mol. The maximum atomic E-state index is 12.3. The van der Waals surface area contributed by atoms with Gasteiger partial charge in [-0.3, -0.25) is 4.90 Å². The summed E-state index contributed by atoms with van der Waals surface area (Å²) in [6.07, 6.45) is 1.42. The molecule has 1 aromatic carbocycles. The number of rotatable bonds is 2. The molecule has 0 bridgehead atoms. The van der Waals surface area contributed by atoms with Crippen molar-refractivity contribution in [2.75, 3.05) is 47.1 Å². The van der Waals surface area contributed by atoms with Gasteiger partial charge in [-0.25, -0.2) is 4.79 Å². The number of benzene rings is 1. The van der Waals surface area contributed by atoms with Gasteiger partial charge in [-0.1, -0.05) is 0 Å². The van der Waals surface area contributed by atoms with E-state index in [1.165, 1.54) is 11.1 Å². The minimum absolute atomic E-state index is 0.0285. The van der Waals surface area contributed by atoms with Crippen molar-refractivity contribution in [1.82, 2.24) is 14.7 Å². The van der Waals surface area contributed by atoms with Gasteiger partial charge in [-0.2, -0.15) is 0 Å². The molecule has 2 atom stereocenters. The molecule has 2 saturated heterocycles. The largest absolute Gasteiger partial charge is 0.454 e. The summed E-state index contributed by atoms with van der Waals surface area (Å²) in [5.74, 6) is 1.71. The zero-order valence-corrected chi connectivity index (χ0v) is 16.4. The van der Waals surface area contributed by atoms with Gasteiger partial charge >= 0.3 is 6.03 Å². The molecular formula is C20H29N3O4. The quantitative estimate of drug-likeness (QED) is 0.852. The number of nitrogens with zero attached hydrogens (tertiary/aromatic N) is 3. The van der Waals surface area contributed by atoms with E-state index in [2.05, 4.69) is 17.9 Å². The molecular weight excluding hydrogens is 346 g/mol. The molecule has 3 heterocycles. The zero-order valence-electron chi connectivity index (χ0n) is 16.4. The predicted octanol–water partition coefficient (Wildman–Crippen LogP) is 1.66. The molecule has 0 aromatic heterocycles. The lowest BCUT2D eigenvalue weighted by atomic mass is 9.75. The van der Waals surface area contributed by atoms with Crippen LogP contribution >= 0.6 is 0 Å². The van der Waals surface area contributed by atoms with Gasteiger partial charge in [0, 0.05) is 52.7 Å². The summed E-state index contributed by atoms with van der Waals surface area (Å²) in [4.78, 5) is 18.2. The summed E-state index contributed by atoms with van der Waals surface area (Å²) in [5, 5.41) is 11.1. The van der Waals surface area contributed by atoms with E-state index in [-0.39, 0.29) is 18.7 Å². The van der Waals surface area contributed by atoms with Crippen molar-refractivity contribution in [2.24, 2.45) is 5.92 Å². The Kier molecular flexibility index (Phi) is 4.68. The summed E-state index contributed by atoms with van der Waals surface area (Å²) in [5.41, 5.74) is 1.76. The van der Waals surface area contributed by atoms with Gasteiger partial charge in [-0.15, -0.1) is 0 Å². The van der Waals surface area contributed by atoms with Crippen LogP contribution in [0.1, 0.15) is 24.0 Å². The highest BCUT2D eigenvalue weighted by Crippen LogP contribution is 2.38. The maximum absolute atomic E-state index is 12.3. The fraction of sp³-hybridized carbons (Fsp3) is 0.650. The average molecular weight is 375 g/mol. The Morgan fingerprint density at radius 3 is 2.67 bits per heavy atom. The number of urea groups is 1. The van der Waals surface area contributed by atoms with Crippen LogP contribution in [-0.4, -0.2) is 78.5 Å². The van der Waals surface area contributed by atoms with E-state index >= 15 is 0 Å². The molecule has 148 valence electrons. The molecule has 7 nitrogen and oxygen atoms in total. The van der Waals surface area contributed by atoms with Crippen LogP contribution in [0.3, 0.4) is 0 Å². The van der Waals surface area contributed by atoms with Crippen LogP contribution in [0, 0.1) is 12.8 Å². The van der Waals surface area contributed by atoms with Crippen molar-refractivity contribution >= 4 is 6.03 Å². The Bertz CT molecular complexity index is 738. The molecule has 27 heavy (non-hydrogen) atoms. The first-order valence-electron chi connectivity index (χ1n) is 9.66. The fourth-order valence-corrected chi connectivity index (χ4v) is 4.47. The number of hydrogen-bond acceptors (Lipinski definition) is 5. The number of piperidine rings is 2. The van der Waals surface area contributed by atoms with Crippen molar-refractivity contribution in [3.8, 4) is 11.5 Å². The first-order chi connectivity index (χ1) is 12.9. The molecule has 0 unspecified atom stereocenters. The molecule has 7 heteroatoms. The normalized spacial score (nSPS) is 27.4. The van der Waals surface area contributed by atoms with Crippen molar-refractivity contribution in [1.29, 1.82) is 0 Å². The molecule has 4 rings (SSSR count). The molecule has 2 fully saturated rings. The first-order valence-corrected chi connectivity index (χ1v) is 9.66. The lowest BCUT2D eigenvalue weighted by Gasteiger charge is -2.50. The molecule has 0 spiro atoms. The number of hydrogen-bond donors (Lipinski definition) is 1. The van der Waals surface area contributed by atoms with Gasteiger partial charge in [0.1, 0.15) is 0 Å². The van der Waals surface area contributed by atoms with Crippen LogP contribution in [0.15, 0.2) is 12.1 Å². The van der Waals surface area contributed by atoms with Crippen LogP contribution < -0.4 is 9.47 Å². The summed E-state index contributed by atoms with van der Waals surface area (Å²) in [7, 11) is 3.55. The van der Waals surface area contributed by atoms with E-state index in [4.69, 9.17) is 9.47 Å². The Balaban J connectivity index is 1.45. The van der Waals surface area contributed by atoms with E-state index in [0.717, 1.165) is 37.6 Å². The Morgan fingerprint density at radius 1 is 1.22 bits per heavy atom. The lowest BCUT2D eigenvalue weighted by Crippen LogP contribution is -2.61. The third kappa shape index (κ3) is 3.46. The standard InChI is InChI=1S/C20H29N3O4/c1-14-8-17-18(27-13-26-17)9-15(14)10-22-6-4-20(25)5-7-23(12-16(20)11-22)19(24)21(2)3/h8-9,16,25H,4-7,10-13H2,1-3H3/t16-,20-/m0/s1. The molecule has 0 aliphatic carbocycles. The van der Waals surface area contributed by atoms with E-state index in [9.17, 15) is 9.90 Å². The van der Waals surface area contributed by atoms with Gasteiger partial charge in [0.25, 0.3) is 0 Å². The average Bonchev–Trinajstić information content (AvgIpc) is 3.08. The fourth-order valence-electron chi connectivity index (χ4n) is 4.47. The summed E-state index contributed by atoms with van der Waals surface area (Å²) in [6, 6.07) is 4.14. The molecule has 1 aromatic rings. The lowest BCUT2D eigenvalue weighted by molar-refractivity contribution is -0.108. The zero-order chi connectivity index (χ0) is 19.2. The second-order valence-electron chi connectivity index (χ2n) is 8.29. The number of fused-ring (bicyclic) bond motifs is 2. The Morgan fingerprint density at radius 2 is 1.93 bits per heavy atom. The van der Waals surface area contributed by atoms with E-state index in [1.54, 1.807) is 19.0 Å². The van der Waals surface area contributed by atoms with Crippen molar-refractivity contribution < 1.29 is 19.4 Å². The van der Waals surface area contributed by atoms with Gasteiger partial charge in [-0.05, 0) is 43.0 Å². The van der Waals surface area contributed by atoms with E-state index in [1.807, 2.05) is 11.0 Å². The highest BCUT2D eigenvalue weighted by Gasteiger charge is 2.46. The molecule has 0 radical (unpaired) electrons. The van der Waals surface area contributed by atoms with Crippen molar-refractivity contribution in [3.63, 3.8) is 0 Å². The van der Waals surface area contributed by atoms with Crippen LogP contribution in [0.5, 0.6) is 11.5 Å². The number of carbonyl (C=O) groups excluding carboxylic acids is 1. The predicted molar refractivity (Wildman–Crippen MR) is 101 cm³/mol. The van der Waals surface area contributed by atoms with Crippen LogP contribution in [0.2, 0.25) is 0 Å². The highest BCUT2D eigenvalue weighted by atomic mass is 16.7. The van der Waals surface area contributed by atoms with Gasteiger partial charge in [0.15, 0.2) is 11.5 Å². The molecule has 2 amide bonds. The van der Waals surface area contributed by atoms with Gasteiger partial charge < -0.3 is 24.4 Å². The van der Waals surface area contributed by atoms with Crippen LogP contribution in [0.4, 0.5) is 4.79 Å². The number of aliphatic hydroxyl groups is 1. The summed E-state index contributed by atoms with van der Waals surface area (Å²) in [6.45, 7) is 6.10. The van der Waals surface area contributed by atoms with E-state index < -0.39 is 5.60 Å². The van der Waals surface area contributed by atoms with Gasteiger partial charge in [0.05, 0.1) is 5.60 Å². The topological polar surface area (TPSA) is 65.5 Å². The molecule has 3 aliphatic rings. The number of amides is 2. The highest BCUT2D eigenvalue weighted by molar-refractivity contribution is 5.74. The SMILES string of the molecule is Cc1cc2c(cc1CN1CC[C@]3(O)CCN(C(=O)N(C)C)C[C@@H]3C1)OCO2. The smallest absolute Gasteiger partial charge is 0.319 e. The number of likely N-dealkylation sites (tertiary alicyclic amines) is 2. The summed E-state index contributed by atoms with van der Waals surface area (Å²) < 4.78 is 11.0. The van der Waals surface area contributed by atoms with E-state index in [0.29, 0.717) is 19.5 Å². The van der Waals surface area contributed by atoms with Crippen molar-refractivity contribution in [3.05, 3.63) is 23.3 Å². The minimum atomic E-state index is -0.649. The molecule has 1 N–H and O–H groups in total. The minimum Gasteiger partial charge on any atom is -0.454 e. The third-order valence-corrected chi connectivity index (χ3v) is 6.23. The Hall–Kier alpha value is -1.99. The molecule has 3 aliphatic heterocycles. The number of ether oxygens (including phenoxy) is 2. The van der Waals surface area contributed by atoms with Crippen LogP contribution in [0.25, 0.3) is 0 Å². The third-order valence-electron chi connectivity index (χ3n) is 6.23. The maximum Gasteiger partial charge on any atom is 0.319 e. The molecule has 0 saturated carbocycles. The Labute approximate surface area is 160 Å². The second-order valence-corrected chi connectivity index (χ2v) is 8.29. The number of carbonyl (C=O) groups is 1. The van der Waals surface area contributed by atoms with Gasteiger partial charge in [0.2, 0.25) is 6.79 Å².